The lowest BCUT2D eigenvalue weighted by Crippen LogP contribution is -2.46. The van der Waals surface area contributed by atoms with E-state index in [1.54, 1.807) is 19.1 Å². The zero-order valence-corrected chi connectivity index (χ0v) is 14.0. The van der Waals surface area contributed by atoms with Gasteiger partial charge in [0.15, 0.2) is 0 Å². The van der Waals surface area contributed by atoms with Gasteiger partial charge in [0, 0.05) is 5.69 Å². The SMILES string of the molecule is C[C@H](C(=O)Nc1ccccc1)N1C(=O)[C@@H]2[C@H]3C=C[C@@H]([C@@H]4C[C@H]34)[C@H]2C1=O. The molecule has 0 spiro atoms. The van der Waals surface area contributed by atoms with Gasteiger partial charge < -0.3 is 5.32 Å². The number of benzene rings is 1. The second kappa shape index (κ2) is 5.04. The second-order valence-electron chi connectivity index (χ2n) is 7.73. The average Bonchev–Trinajstić information content (AvgIpc) is 3.40. The minimum absolute atomic E-state index is 0.157. The first-order valence-corrected chi connectivity index (χ1v) is 8.99. The van der Waals surface area contributed by atoms with Crippen LogP contribution < -0.4 is 5.32 Å². The molecule has 3 amide bonds. The van der Waals surface area contributed by atoms with Crippen molar-refractivity contribution >= 4 is 23.4 Å². The number of amides is 3. The molecule has 1 N–H and O–H groups in total. The predicted octanol–water partition coefficient (Wildman–Crippen LogP) is 2.07. The van der Waals surface area contributed by atoms with Crippen molar-refractivity contribution in [2.24, 2.45) is 35.5 Å². The highest BCUT2D eigenvalue weighted by atomic mass is 16.2. The summed E-state index contributed by atoms with van der Waals surface area (Å²) in [5.41, 5.74) is 0.666. The molecule has 1 saturated heterocycles. The standard InChI is InChI=1S/C20H20N2O3/c1-10(18(23)21-11-5-3-2-4-6-11)22-19(24)16-12-7-8-13(15-9-14(12)15)17(16)20(22)25/h2-8,10,12-17H,9H2,1H3,(H,21,23)/t10-,12+,13+,14-,15+,16-,17-/m1/s1. The van der Waals surface area contributed by atoms with Crippen molar-refractivity contribution in [1.29, 1.82) is 0 Å². The molecular formula is C20H20N2O3. The fourth-order valence-electron chi connectivity index (χ4n) is 5.25. The Hall–Kier alpha value is -2.43. The third-order valence-electron chi connectivity index (χ3n) is 6.50. The van der Waals surface area contributed by atoms with Crippen LogP contribution in [0.3, 0.4) is 0 Å². The zero-order valence-electron chi connectivity index (χ0n) is 14.0. The van der Waals surface area contributed by atoms with Crippen LogP contribution >= 0.6 is 0 Å². The van der Waals surface area contributed by atoms with Crippen molar-refractivity contribution in [3.05, 3.63) is 42.5 Å². The highest BCUT2D eigenvalue weighted by Crippen LogP contribution is 2.65. The third kappa shape index (κ3) is 1.98. The van der Waals surface area contributed by atoms with E-state index in [0.717, 1.165) is 6.42 Å². The van der Waals surface area contributed by atoms with Crippen LogP contribution in [0.25, 0.3) is 0 Å². The van der Waals surface area contributed by atoms with E-state index in [9.17, 15) is 14.4 Å². The van der Waals surface area contributed by atoms with Gasteiger partial charge in [-0.1, -0.05) is 30.4 Å². The molecule has 2 saturated carbocycles. The Labute approximate surface area is 146 Å². The molecule has 5 nitrogen and oxygen atoms in total. The molecule has 0 radical (unpaired) electrons. The number of imide groups is 1. The number of anilines is 1. The van der Waals surface area contributed by atoms with E-state index in [1.807, 2.05) is 18.2 Å². The summed E-state index contributed by atoms with van der Waals surface area (Å²) in [6.45, 7) is 1.64. The molecular weight excluding hydrogens is 316 g/mol. The number of likely N-dealkylation sites (tertiary alicyclic amines) is 1. The Bertz CT molecular complexity index is 766. The number of rotatable bonds is 3. The Kier molecular flexibility index (Phi) is 3.00. The Morgan fingerprint density at radius 2 is 1.60 bits per heavy atom. The zero-order chi connectivity index (χ0) is 17.3. The molecule has 5 aliphatic rings. The number of hydrogen-bond acceptors (Lipinski definition) is 3. The van der Waals surface area contributed by atoms with Crippen LogP contribution in [0.5, 0.6) is 0 Å². The van der Waals surface area contributed by atoms with Gasteiger partial charge in [0.2, 0.25) is 17.7 Å². The number of allylic oxidation sites excluding steroid dienone is 2. The van der Waals surface area contributed by atoms with Crippen molar-refractivity contribution in [3.8, 4) is 0 Å². The lowest BCUT2D eigenvalue weighted by atomic mass is 9.63. The predicted molar refractivity (Wildman–Crippen MR) is 91.1 cm³/mol. The van der Waals surface area contributed by atoms with E-state index in [4.69, 9.17) is 0 Å². The van der Waals surface area contributed by atoms with E-state index in [-0.39, 0.29) is 41.4 Å². The number of nitrogens with one attached hydrogen (secondary N) is 1. The quantitative estimate of drug-likeness (QED) is 0.679. The van der Waals surface area contributed by atoms with E-state index >= 15 is 0 Å². The van der Waals surface area contributed by atoms with Crippen molar-refractivity contribution < 1.29 is 14.4 Å². The highest BCUT2D eigenvalue weighted by molar-refractivity contribution is 6.10. The summed E-state index contributed by atoms with van der Waals surface area (Å²) in [4.78, 5) is 39.8. The van der Waals surface area contributed by atoms with Crippen LogP contribution in [-0.2, 0) is 14.4 Å². The molecule has 2 bridgehead atoms. The summed E-state index contributed by atoms with van der Waals surface area (Å²) < 4.78 is 0. The van der Waals surface area contributed by atoms with Crippen LogP contribution in [0.15, 0.2) is 42.5 Å². The van der Waals surface area contributed by atoms with Crippen LogP contribution in [0.2, 0.25) is 0 Å². The fourth-order valence-corrected chi connectivity index (χ4v) is 5.25. The molecule has 7 atom stereocenters. The van der Waals surface area contributed by atoms with Crippen LogP contribution in [0.1, 0.15) is 13.3 Å². The van der Waals surface area contributed by atoms with Crippen LogP contribution in [0, 0.1) is 35.5 Å². The number of hydrogen-bond donors (Lipinski definition) is 1. The van der Waals surface area contributed by atoms with Crippen molar-refractivity contribution in [2.45, 2.75) is 19.4 Å². The minimum atomic E-state index is -0.790. The normalized spacial score (nSPS) is 38.4. The summed E-state index contributed by atoms with van der Waals surface area (Å²) in [6, 6.07) is 8.31. The number of para-hydroxylation sites is 1. The Morgan fingerprint density at radius 1 is 1.04 bits per heavy atom. The Morgan fingerprint density at radius 3 is 2.16 bits per heavy atom. The molecule has 6 rings (SSSR count). The average molecular weight is 336 g/mol. The minimum Gasteiger partial charge on any atom is -0.324 e. The summed E-state index contributed by atoms with van der Waals surface area (Å²) in [7, 11) is 0. The van der Waals surface area contributed by atoms with Gasteiger partial charge in [-0.3, -0.25) is 19.3 Å². The van der Waals surface area contributed by atoms with Gasteiger partial charge in [0.25, 0.3) is 0 Å². The molecule has 128 valence electrons. The fraction of sp³-hybridized carbons (Fsp3) is 0.450. The molecule has 1 aromatic carbocycles. The van der Waals surface area contributed by atoms with Gasteiger partial charge in [-0.05, 0) is 49.1 Å². The monoisotopic (exact) mass is 336 g/mol. The summed E-state index contributed by atoms with van der Waals surface area (Å²) >= 11 is 0. The molecule has 3 fully saturated rings. The molecule has 1 heterocycles. The van der Waals surface area contributed by atoms with Crippen molar-refractivity contribution in [1.82, 2.24) is 4.90 Å². The maximum atomic E-state index is 13.0. The van der Waals surface area contributed by atoms with Gasteiger partial charge >= 0.3 is 0 Å². The van der Waals surface area contributed by atoms with Gasteiger partial charge in [-0.2, -0.15) is 0 Å². The van der Waals surface area contributed by atoms with Gasteiger partial charge in [0.05, 0.1) is 11.8 Å². The van der Waals surface area contributed by atoms with Crippen molar-refractivity contribution in [3.63, 3.8) is 0 Å². The highest BCUT2D eigenvalue weighted by Gasteiger charge is 2.67. The first kappa shape index (κ1) is 14.9. The summed E-state index contributed by atoms with van der Waals surface area (Å²) in [6.07, 6.45) is 5.42. The molecule has 0 aromatic heterocycles. The molecule has 25 heavy (non-hydrogen) atoms. The van der Waals surface area contributed by atoms with Gasteiger partial charge in [-0.15, -0.1) is 0 Å². The third-order valence-corrected chi connectivity index (χ3v) is 6.50. The molecule has 1 aliphatic heterocycles. The number of carbonyl (C=O) groups excluding carboxylic acids is 3. The number of carbonyl (C=O) groups is 3. The second-order valence-corrected chi connectivity index (χ2v) is 7.73. The molecule has 0 unspecified atom stereocenters. The van der Waals surface area contributed by atoms with E-state index < -0.39 is 6.04 Å². The van der Waals surface area contributed by atoms with Gasteiger partial charge in [0.1, 0.15) is 6.04 Å². The lowest BCUT2D eigenvalue weighted by molar-refractivity contribution is -0.146. The first-order chi connectivity index (χ1) is 12.1. The van der Waals surface area contributed by atoms with Crippen LogP contribution in [-0.4, -0.2) is 28.7 Å². The van der Waals surface area contributed by atoms with E-state index in [1.165, 1.54) is 4.90 Å². The lowest BCUT2D eigenvalue weighted by Gasteiger charge is -2.37. The van der Waals surface area contributed by atoms with Gasteiger partial charge in [-0.25, -0.2) is 0 Å². The van der Waals surface area contributed by atoms with E-state index in [2.05, 4.69) is 17.5 Å². The largest absolute Gasteiger partial charge is 0.324 e. The smallest absolute Gasteiger partial charge is 0.247 e. The topological polar surface area (TPSA) is 66.5 Å². The maximum absolute atomic E-state index is 13.0. The first-order valence-electron chi connectivity index (χ1n) is 8.99. The van der Waals surface area contributed by atoms with E-state index in [0.29, 0.717) is 17.5 Å². The number of nitrogens with zero attached hydrogens (tertiary/aromatic N) is 1. The summed E-state index contributed by atoms with van der Waals surface area (Å²) in [5, 5.41) is 2.80. The summed E-state index contributed by atoms with van der Waals surface area (Å²) in [5.74, 6) is 0.374. The Balaban J connectivity index is 1.39. The van der Waals surface area contributed by atoms with Crippen molar-refractivity contribution in [2.75, 3.05) is 5.32 Å². The molecule has 4 aliphatic carbocycles. The maximum Gasteiger partial charge on any atom is 0.247 e. The molecule has 5 heteroatoms. The van der Waals surface area contributed by atoms with Crippen LogP contribution in [0.4, 0.5) is 5.69 Å². The molecule has 1 aromatic rings.